The molecule has 1 rings (SSSR count). The van der Waals surface area contributed by atoms with E-state index in [1.54, 1.807) is 24.4 Å². The van der Waals surface area contributed by atoms with E-state index in [2.05, 4.69) is 38.4 Å². The van der Waals surface area contributed by atoms with E-state index >= 15 is 0 Å². The number of pyridine rings is 1. The molecule has 0 radical (unpaired) electrons. The van der Waals surface area contributed by atoms with Gasteiger partial charge >= 0.3 is 0 Å². The van der Waals surface area contributed by atoms with Crippen molar-refractivity contribution in [3.63, 3.8) is 0 Å². The van der Waals surface area contributed by atoms with Gasteiger partial charge in [0.05, 0.1) is 11.9 Å². The van der Waals surface area contributed by atoms with Gasteiger partial charge in [0.2, 0.25) is 5.88 Å². The molecule has 3 heteroatoms. The van der Waals surface area contributed by atoms with Crippen LogP contribution >= 0.6 is 0 Å². The Morgan fingerprint density at radius 2 is 2.20 bits per heavy atom. The van der Waals surface area contributed by atoms with Crippen molar-refractivity contribution < 1.29 is 4.74 Å². The summed E-state index contributed by atoms with van der Waals surface area (Å²) in [6.45, 7) is 10.4. The number of nitrogens with two attached hydrogens (primary N) is 1. The van der Waals surface area contributed by atoms with Crippen molar-refractivity contribution >= 4 is 5.69 Å². The molecular weight excluding hydrogens is 248 g/mol. The van der Waals surface area contributed by atoms with Crippen molar-refractivity contribution in [1.82, 2.24) is 4.98 Å². The predicted molar refractivity (Wildman–Crippen MR) is 85.4 cm³/mol. The zero-order chi connectivity index (χ0) is 15.0. The third-order valence-corrected chi connectivity index (χ3v) is 3.17. The number of nitrogen functional groups attached to an aromatic ring is 1. The van der Waals surface area contributed by atoms with Gasteiger partial charge in [-0.15, -0.1) is 0 Å². The highest BCUT2D eigenvalue weighted by atomic mass is 16.5. The van der Waals surface area contributed by atoms with E-state index in [9.17, 15) is 0 Å². The number of hydrogen-bond donors (Lipinski definition) is 1. The van der Waals surface area contributed by atoms with Crippen LogP contribution in [0.4, 0.5) is 5.69 Å². The topological polar surface area (TPSA) is 48.1 Å². The third kappa shape index (κ3) is 5.74. The second kappa shape index (κ2) is 7.53. The minimum absolute atomic E-state index is 0.301. The molecule has 3 nitrogen and oxygen atoms in total. The number of anilines is 1. The molecule has 0 unspecified atom stereocenters. The molecule has 1 aromatic rings. The van der Waals surface area contributed by atoms with Gasteiger partial charge in [-0.05, 0) is 30.1 Å². The van der Waals surface area contributed by atoms with Gasteiger partial charge in [-0.2, -0.15) is 0 Å². The Kier molecular flexibility index (Phi) is 6.04. The van der Waals surface area contributed by atoms with E-state index in [1.165, 1.54) is 0 Å². The monoisotopic (exact) mass is 272 g/mol. The van der Waals surface area contributed by atoms with Crippen LogP contribution in [0.5, 0.6) is 5.88 Å². The third-order valence-electron chi connectivity index (χ3n) is 3.17. The zero-order valence-corrected chi connectivity index (χ0v) is 12.6. The predicted octanol–water partition coefficient (Wildman–Crippen LogP) is 4.50. The Hall–Kier alpha value is -2.03. The molecule has 0 atom stereocenters. The van der Waals surface area contributed by atoms with E-state index in [0.29, 0.717) is 22.7 Å². The van der Waals surface area contributed by atoms with Crippen LogP contribution < -0.4 is 10.5 Å². The fourth-order valence-corrected chi connectivity index (χ4v) is 1.45. The fourth-order valence-electron chi connectivity index (χ4n) is 1.45. The highest BCUT2D eigenvalue weighted by Gasteiger charge is 2.12. The van der Waals surface area contributed by atoms with Gasteiger partial charge in [-0.3, -0.25) is 0 Å². The van der Waals surface area contributed by atoms with E-state index in [-0.39, 0.29) is 0 Å². The van der Waals surface area contributed by atoms with Gasteiger partial charge in [-0.1, -0.05) is 45.9 Å². The molecule has 0 saturated heterocycles. The Morgan fingerprint density at radius 1 is 1.45 bits per heavy atom. The molecule has 0 bridgehead atoms. The van der Waals surface area contributed by atoms with Crippen LogP contribution in [0.2, 0.25) is 0 Å². The molecule has 0 aliphatic heterocycles. The molecule has 0 saturated carbocycles. The average Bonchev–Trinajstić information content (AvgIpc) is 2.41. The number of hydrogen-bond acceptors (Lipinski definition) is 3. The summed E-state index contributed by atoms with van der Waals surface area (Å²) in [7, 11) is 0. The van der Waals surface area contributed by atoms with E-state index in [0.717, 1.165) is 12.8 Å². The maximum Gasteiger partial charge on any atom is 0.219 e. The zero-order valence-electron chi connectivity index (χ0n) is 12.6. The molecule has 0 aliphatic rings. The van der Waals surface area contributed by atoms with Crippen molar-refractivity contribution in [2.45, 2.75) is 33.6 Å². The van der Waals surface area contributed by atoms with Crippen LogP contribution in [0, 0.1) is 5.41 Å². The summed E-state index contributed by atoms with van der Waals surface area (Å²) in [5, 5.41) is 0. The Balaban J connectivity index is 2.70. The standard InChI is InChI=1S/C17H24N2O/c1-5-8-15(9-7-12-17(3,4)6-2)20-16-11-10-14(18)13-19-16/h5,7-11,13H,1,6,12,18H2,2-4H3/b9-7-,15-8+. The van der Waals surface area contributed by atoms with Crippen LogP contribution in [-0.2, 0) is 0 Å². The van der Waals surface area contributed by atoms with Crippen molar-refractivity contribution in [2.24, 2.45) is 5.41 Å². The van der Waals surface area contributed by atoms with Crippen molar-refractivity contribution in [2.75, 3.05) is 5.73 Å². The van der Waals surface area contributed by atoms with Crippen molar-refractivity contribution in [3.05, 3.63) is 55.0 Å². The molecule has 2 N–H and O–H groups in total. The average molecular weight is 272 g/mol. The van der Waals surface area contributed by atoms with E-state index < -0.39 is 0 Å². The summed E-state index contributed by atoms with van der Waals surface area (Å²) in [6, 6.07) is 3.51. The lowest BCUT2D eigenvalue weighted by Gasteiger charge is -2.19. The van der Waals surface area contributed by atoms with Gasteiger partial charge in [-0.25, -0.2) is 4.98 Å². The number of allylic oxidation sites excluding steroid dienone is 4. The van der Waals surface area contributed by atoms with Gasteiger partial charge < -0.3 is 10.5 Å². The number of aromatic nitrogens is 1. The molecule has 0 amide bonds. The molecule has 0 aromatic carbocycles. The summed E-state index contributed by atoms with van der Waals surface area (Å²) in [5.74, 6) is 1.23. The second-order valence-corrected chi connectivity index (χ2v) is 5.46. The summed E-state index contributed by atoms with van der Waals surface area (Å²) in [4.78, 5) is 4.12. The normalized spacial score (nSPS) is 12.7. The lowest BCUT2D eigenvalue weighted by molar-refractivity contribution is 0.356. The maximum absolute atomic E-state index is 5.69. The molecule has 0 aliphatic carbocycles. The minimum Gasteiger partial charge on any atom is -0.439 e. The van der Waals surface area contributed by atoms with E-state index in [4.69, 9.17) is 10.5 Å². The summed E-state index contributed by atoms with van der Waals surface area (Å²) >= 11 is 0. The first-order valence-electron chi connectivity index (χ1n) is 6.85. The molecule has 20 heavy (non-hydrogen) atoms. The molecule has 1 aromatic heterocycles. The Labute approximate surface area is 121 Å². The first kappa shape index (κ1) is 16.0. The summed E-state index contributed by atoms with van der Waals surface area (Å²) < 4.78 is 5.69. The first-order chi connectivity index (χ1) is 9.46. The van der Waals surface area contributed by atoms with Gasteiger partial charge in [0, 0.05) is 6.07 Å². The highest BCUT2D eigenvalue weighted by Crippen LogP contribution is 2.25. The molecular formula is C17H24N2O. The van der Waals surface area contributed by atoms with Crippen LogP contribution in [0.25, 0.3) is 0 Å². The minimum atomic E-state index is 0.301. The second-order valence-electron chi connectivity index (χ2n) is 5.46. The van der Waals surface area contributed by atoms with Gasteiger partial charge in [0.1, 0.15) is 5.76 Å². The van der Waals surface area contributed by atoms with Gasteiger partial charge in [0.25, 0.3) is 0 Å². The molecule has 108 valence electrons. The van der Waals surface area contributed by atoms with Gasteiger partial charge in [0.15, 0.2) is 0 Å². The number of ether oxygens (including phenoxy) is 1. The largest absolute Gasteiger partial charge is 0.439 e. The Bertz CT molecular complexity index is 484. The highest BCUT2D eigenvalue weighted by molar-refractivity contribution is 5.36. The van der Waals surface area contributed by atoms with Crippen LogP contribution in [0.1, 0.15) is 33.6 Å². The quantitative estimate of drug-likeness (QED) is 0.587. The Morgan fingerprint density at radius 3 is 2.75 bits per heavy atom. The molecule has 0 fully saturated rings. The lowest BCUT2D eigenvalue weighted by atomic mass is 9.86. The van der Waals surface area contributed by atoms with Crippen LogP contribution in [0.15, 0.2) is 55.0 Å². The lowest BCUT2D eigenvalue weighted by Crippen LogP contribution is -2.07. The summed E-state index contributed by atoms with van der Waals surface area (Å²) in [6.07, 6.45) is 11.3. The van der Waals surface area contributed by atoms with Crippen molar-refractivity contribution in [3.8, 4) is 5.88 Å². The molecule has 1 heterocycles. The van der Waals surface area contributed by atoms with Crippen molar-refractivity contribution in [1.29, 1.82) is 0 Å². The summed E-state index contributed by atoms with van der Waals surface area (Å²) in [5.41, 5.74) is 6.51. The number of rotatable bonds is 7. The van der Waals surface area contributed by atoms with Crippen LogP contribution in [0.3, 0.4) is 0 Å². The van der Waals surface area contributed by atoms with Crippen LogP contribution in [-0.4, -0.2) is 4.98 Å². The maximum atomic E-state index is 5.69. The van der Waals surface area contributed by atoms with E-state index in [1.807, 2.05) is 12.2 Å². The first-order valence-corrected chi connectivity index (χ1v) is 6.85. The SMILES string of the molecule is C=C/C=C(\C=C/CC(C)(C)CC)Oc1ccc(N)cn1. The smallest absolute Gasteiger partial charge is 0.219 e. The fraction of sp³-hybridized carbons (Fsp3) is 0.353. The molecule has 0 spiro atoms. The number of nitrogens with zero attached hydrogens (tertiary/aromatic N) is 1.